The summed E-state index contributed by atoms with van der Waals surface area (Å²) in [5.74, 6) is 1.31. The summed E-state index contributed by atoms with van der Waals surface area (Å²) < 4.78 is 6.64. The van der Waals surface area contributed by atoms with Crippen LogP contribution in [0.5, 0.6) is 5.75 Å². The third-order valence-corrected chi connectivity index (χ3v) is 3.02. The molecule has 0 saturated heterocycles. The molecule has 1 aromatic heterocycles. The quantitative estimate of drug-likeness (QED) is 0.808. The number of aromatic nitrogens is 4. The Labute approximate surface area is 111 Å². The largest absolute Gasteiger partial charge is 0.485 e. The van der Waals surface area contributed by atoms with Crippen molar-refractivity contribution in [3.63, 3.8) is 0 Å². The molecule has 0 unspecified atom stereocenters. The molecule has 0 aliphatic heterocycles. The number of tetrazole rings is 1. The fraction of sp³-hybridized carbons (Fsp3) is 0.0833. The predicted octanol–water partition coefficient (Wildman–Crippen LogP) is 2.69. The Balaban J connectivity index is 1.84. The molecule has 0 fully saturated rings. The van der Waals surface area contributed by atoms with Crippen molar-refractivity contribution >= 4 is 26.7 Å². The zero-order chi connectivity index (χ0) is 12.4. The lowest BCUT2D eigenvalue weighted by Gasteiger charge is -2.05. The van der Waals surface area contributed by atoms with Crippen molar-refractivity contribution in [2.75, 3.05) is 0 Å². The van der Waals surface area contributed by atoms with Gasteiger partial charge in [-0.3, -0.25) is 0 Å². The first-order chi connectivity index (χ1) is 8.81. The summed E-state index contributed by atoms with van der Waals surface area (Å²) in [7, 11) is 0. The normalized spacial score (nSPS) is 10.7. The van der Waals surface area contributed by atoms with Crippen molar-refractivity contribution in [2.45, 2.75) is 6.61 Å². The Hall–Kier alpha value is -1.95. The van der Waals surface area contributed by atoms with E-state index in [0.29, 0.717) is 12.4 Å². The molecule has 0 spiro atoms. The van der Waals surface area contributed by atoms with Gasteiger partial charge in [0.15, 0.2) is 6.61 Å². The highest BCUT2D eigenvalue weighted by molar-refractivity contribution is 9.10. The van der Waals surface area contributed by atoms with Gasteiger partial charge in [-0.25, -0.2) is 0 Å². The molecule has 0 radical (unpaired) electrons. The summed E-state index contributed by atoms with van der Waals surface area (Å²) in [5.41, 5.74) is 0. The molecule has 18 heavy (non-hydrogen) atoms. The second-order valence-electron chi connectivity index (χ2n) is 3.77. The lowest BCUT2D eigenvalue weighted by Crippen LogP contribution is -1.97. The number of rotatable bonds is 3. The van der Waals surface area contributed by atoms with Crippen LogP contribution in [0, 0.1) is 0 Å². The van der Waals surface area contributed by atoms with Crippen LogP contribution in [-0.2, 0) is 6.61 Å². The van der Waals surface area contributed by atoms with E-state index >= 15 is 0 Å². The fourth-order valence-corrected chi connectivity index (χ4v) is 2.06. The maximum absolute atomic E-state index is 5.60. The highest BCUT2D eigenvalue weighted by Gasteiger charge is 2.01. The van der Waals surface area contributed by atoms with Crippen LogP contribution < -0.4 is 4.74 Å². The number of nitrogens with one attached hydrogen (secondary N) is 1. The van der Waals surface area contributed by atoms with Crippen LogP contribution in [0.4, 0.5) is 0 Å². The highest BCUT2D eigenvalue weighted by atomic mass is 79.9. The molecule has 0 atom stereocenters. The number of aromatic amines is 1. The predicted molar refractivity (Wildman–Crippen MR) is 70.2 cm³/mol. The monoisotopic (exact) mass is 304 g/mol. The second-order valence-corrected chi connectivity index (χ2v) is 4.69. The zero-order valence-corrected chi connectivity index (χ0v) is 10.9. The minimum absolute atomic E-state index is 0.302. The molecule has 6 heteroatoms. The molecular weight excluding hydrogens is 296 g/mol. The molecule has 0 aliphatic rings. The molecule has 90 valence electrons. The van der Waals surface area contributed by atoms with Crippen LogP contribution in [-0.4, -0.2) is 20.6 Å². The van der Waals surface area contributed by atoms with Gasteiger partial charge in [-0.2, -0.15) is 5.21 Å². The van der Waals surface area contributed by atoms with Crippen molar-refractivity contribution < 1.29 is 4.74 Å². The van der Waals surface area contributed by atoms with Crippen LogP contribution in [0.25, 0.3) is 10.8 Å². The van der Waals surface area contributed by atoms with E-state index in [-0.39, 0.29) is 0 Å². The number of ether oxygens (including phenoxy) is 1. The van der Waals surface area contributed by atoms with Crippen LogP contribution in [0.2, 0.25) is 0 Å². The van der Waals surface area contributed by atoms with E-state index < -0.39 is 0 Å². The van der Waals surface area contributed by atoms with Crippen molar-refractivity contribution in [2.24, 2.45) is 0 Å². The Morgan fingerprint density at radius 3 is 2.83 bits per heavy atom. The fourth-order valence-electron chi connectivity index (χ4n) is 1.68. The third-order valence-electron chi connectivity index (χ3n) is 2.53. The summed E-state index contributed by atoms with van der Waals surface area (Å²) in [5, 5.41) is 15.8. The molecule has 1 N–H and O–H groups in total. The minimum Gasteiger partial charge on any atom is -0.485 e. The van der Waals surface area contributed by atoms with Gasteiger partial charge in [-0.1, -0.05) is 33.3 Å². The van der Waals surface area contributed by atoms with Gasteiger partial charge in [0.05, 0.1) is 0 Å². The van der Waals surface area contributed by atoms with Gasteiger partial charge >= 0.3 is 0 Å². The van der Waals surface area contributed by atoms with Gasteiger partial charge in [0.1, 0.15) is 5.75 Å². The van der Waals surface area contributed by atoms with Gasteiger partial charge in [-0.15, -0.1) is 10.2 Å². The first kappa shape index (κ1) is 11.2. The van der Waals surface area contributed by atoms with E-state index in [1.54, 1.807) is 0 Å². The maximum Gasteiger partial charge on any atom is 0.211 e. The molecule has 0 saturated carbocycles. The van der Waals surface area contributed by atoms with Crippen molar-refractivity contribution in [3.05, 3.63) is 46.7 Å². The Bertz CT molecular complexity index is 669. The number of hydrogen-bond donors (Lipinski definition) is 1. The summed E-state index contributed by atoms with van der Waals surface area (Å²) in [4.78, 5) is 0. The van der Waals surface area contributed by atoms with Crippen molar-refractivity contribution in [3.8, 4) is 5.75 Å². The molecule has 3 rings (SSSR count). The van der Waals surface area contributed by atoms with Gasteiger partial charge in [-0.05, 0) is 35.0 Å². The number of hydrogen-bond acceptors (Lipinski definition) is 4. The Morgan fingerprint density at radius 1 is 1.11 bits per heavy atom. The smallest absolute Gasteiger partial charge is 0.211 e. The maximum atomic E-state index is 5.60. The van der Waals surface area contributed by atoms with E-state index in [1.165, 1.54) is 5.39 Å². The number of H-pyrrole nitrogens is 1. The molecule has 0 amide bonds. The molecule has 5 nitrogen and oxygen atoms in total. The molecule has 0 bridgehead atoms. The average molecular weight is 305 g/mol. The number of nitrogens with zero attached hydrogens (tertiary/aromatic N) is 3. The standard InChI is InChI=1S/C12H9BrN4O/c13-10-3-1-8-2-4-11(6-9(8)5-10)18-7-12-14-16-17-15-12/h1-6H,7H2,(H,14,15,16,17). The minimum atomic E-state index is 0.302. The molecule has 3 aromatic rings. The molecule has 0 aliphatic carbocycles. The van der Waals surface area contributed by atoms with E-state index in [9.17, 15) is 0 Å². The van der Waals surface area contributed by atoms with Crippen LogP contribution >= 0.6 is 15.9 Å². The zero-order valence-electron chi connectivity index (χ0n) is 9.30. The SMILES string of the molecule is Brc1ccc2ccc(OCc3nn[nH]n3)cc2c1. The van der Waals surface area contributed by atoms with Crippen LogP contribution in [0.1, 0.15) is 5.82 Å². The van der Waals surface area contributed by atoms with Crippen molar-refractivity contribution in [1.29, 1.82) is 0 Å². The lowest BCUT2D eigenvalue weighted by atomic mass is 10.1. The van der Waals surface area contributed by atoms with Gasteiger partial charge < -0.3 is 4.74 Å². The summed E-state index contributed by atoms with van der Waals surface area (Å²) in [6, 6.07) is 12.1. The Kier molecular flexibility index (Phi) is 2.93. The first-order valence-corrected chi connectivity index (χ1v) is 6.15. The van der Waals surface area contributed by atoms with E-state index in [1.807, 2.05) is 24.3 Å². The van der Waals surface area contributed by atoms with Gasteiger partial charge in [0.25, 0.3) is 0 Å². The highest BCUT2D eigenvalue weighted by Crippen LogP contribution is 2.24. The topological polar surface area (TPSA) is 63.7 Å². The second kappa shape index (κ2) is 4.73. The van der Waals surface area contributed by atoms with E-state index in [0.717, 1.165) is 15.6 Å². The summed E-state index contributed by atoms with van der Waals surface area (Å²) >= 11 is 3.45. The summed E-state index contributed by atoms with van der Waals surface area (Å²) in [6.45, 7) is 0.302. The molecule has 1 heterocycles. The molecule has 2 aromatic carbocycles. The summed E-state index contributed by atoms with van der Waals surface area (Å²) in [6.07, 6.45) is 0. The van der Waals surface area contributed by atoms with Crippen molar-refractivity contribution in [1.82, 2.24) is 20.6 Å². The van der Waals surface area contributed by atoms with Gasteiger partial charge in [0.2, 0.25) is 5.82 Å². The lowest BCUT2D eigenvalue weighted by molar-refractivity contribution is 0.296. The van der Waals surface area contributed by atoms with E-state index in [4.69, 9.17) is 4.74 Å². The third kappa shape index (κ3) is 2.33. The molecular formula is C12H9BrN4O. The number of halogens is 1. The number of fused-ring (bicyclic) bond motifs is 1. The number of benzene rings is 2. The van der Waals surface area contributed by atoms with Crippen LogP contribution in [0.15, 0.2) is 40.9 Å². The van der Waals surface area contributed by atoms with Gasteiger partial charge in [0, 0.05) is 4.47 Å². The Morgan fingerprint density at radius 2 is 2.00 bits per heavy atom. The average Bonchev–Trinajstić information content (AvgIpc) is 2.89. The van der Waals surface area contributed by atoms with Crippen LogP contribution in [0.3, 0.4) is 0 Å². The van der Waals surface area contributed by atoms with E-state index in [2.05, 4.69) is 48.7 Å². The first-order valence-electron chi connectivity index (χ1n) is 5.36.